The molecule has 0 radical (unpaired) electrons. The van der Waals surface area contributed by atoms with Gasteiger partial charge in [-0.25, -0.2) is 0 Å². The highest BCUT2D eigenvalue weighted by Gasteiger charge is 2.52. The van der Waals surface area contributed by atoms with Crippen LogP contribution < -0.4 is 4.74 Å². The summed E-state index contributed by atoms with van der Waals surface area (Å²) < 4.78 is 18.0. The first-order valence-electron chi connectivity index (χ1n) is 17.8. The average molecular weight is 1060 g/mol. The van der Waals surface area contributed by atoms with E-state index in [1.54, 1.807) is 7.11 Å². The van der Waals surface area contributed by atoms with Crippen molar-refractivity contribution in [3.05, 3.63) is 56.5 Å². The summed E-state index contributed by atoms with van der Waals surface area (Å²) in [5, 5.41) is 9.68. The van der Waals surface area contributed by atoms with Gasteiger partial charge < -0.3 is 19.3 Å². The molecule has 8 fully saturated rings. The summed E-state index contributed by atoms with van der Waals surface area (Å²) in [7, 11) is 11.3. The summed E-state index contributed by atoms with van der Waals surface area (Å²) in [5.41, 5.74) is 3.85. The summed E-state index contributed by atoms with van der Waals surface area (Å²) in [6.07, 6.45) is 17.3. The number of ether oxygens (including phenoxy) is 3. The summed E-state index contributed by atoms with van der Waals surface area (Å²) in [6, 6.07) is 12.9. The Morgan fingerprint density at radius 2 is 1.04 bits per heavy atom. The zero-order chi connectivity index (χ0) is 37.8. The fraction of sp³-hybridized carbons (Fsp3) is 0.667. The Kier molecular flexibility index (Phi) is 19.4. The maximum absolute atomic E-state index is 9.68. The first-order chi connectivity index (χ1) is 25.7. The fourth-order valence-electron chi connectivity index (χ4n) is 11.1. The van der Waals surface area contributed by atoms with Crippen molar-refractivity contribution < 1.29 is 19.3 Å². The second-order valence-electron chi connectivity index (χ2n) is 15.3. The van der Waals surface area contributed by atoms with Crippen molar-refractivity contribution in [1.82, 2.24) is 0 Å². The van der Waals surface area contributed by atoms with Crippen LogP contribution in [-0.4, -0.2) is 32.2 Å². The monoisotopic (exact) mass is 1050 g/mol. The molecular formula is C36H46Br2O4S11. The first-order valence-corrected chi connectivity index (χ1v) is 31.4. The summed E-state index contributed by atoms with van der Waals surface area (Å²) in [5.74, 6) is 7.07. The molecule has 0 unspecified atom stereocenters. The lowest BCUT2D eigenvalue weighted by molar-refractivity contribution is -0.00939. The number of aromatic hydroxyl groups is 1. The molecule has 0 saturated heterocycles. The molecule has 8 bridgehead atoms. The largest absolute Gasteiger partial charge is 0.507 e. The molecule has 10 rings (SSSR count). The molecule has 8 aliphatic rings. The Labute approximate surface area is 372 Å². The molecule has 0 heterocycles. The number of rotatable bonds is 8. The van der Waals surface area contributed by atoms with Crippen LogP contribution >= 0.6 is 31.9 Å². The van der Waals surface area contributed by atoms with Crippen LogP contribution in [0.2, 0.25) is 0 Å². The first kappa shape index (κ1) is 45.4. The van der Waals surface area contributed by atoms with E-state index < -0.39 is 0 Å². The van der Waals surface area contributed by atoms with Crippen molar-refractivity contribution in [1.29, 1.82) is 0 Å². The van der Waals surface area contributed by atoms with Crippen LogP contribution in [0.3, 0.4) is 0 Å². The van der Waals surface area contributed by atoms with Crippen LogP contribution in [0, 0.1) is 35.5 Å². The van der Waals surface area contributed by atoms with Gasteiger partial charge in [-0.15, -0.1) is 0 Å². The third-order valence-electron chi connectivity index (χ3n) is 12.0. The van der Waals surface area contributed by atoms with Gasteiger partial charge in [0, 0.05) is 114 Å². The normalized spacial score (nSPS) is 30.5. The van der Waals surface area contributed by atoms with Gasteiger partial charge in [0.25, 0.3) is 0 Å². The molecule has 2 aromatic carbocycles. The molecule has 294 valence electrons. The predicted octanol–water partition coefficient (Wildman–Crippen LogP) is 9.51. The third kappa shape index (κ3) is 12.7. The molecule has 17 heteroatoms. The van der Waals surface area contributed by atoms with Crippen LogP contribution in [0.1, 0.15) is 88.2 Å². The van der Waals surface area contributed by atoms with Gasteiger partial charge in [-0.05, 0) is 191 Å². The molecule has 8 saturated carbocycles. The smallest absolute Gasteiger partial charge is 0.189 e. The Balaban J connectivity index is 0.000000163. The lowest BCUT2D eigenvalue weighted by Crippen LogP contribution is -2.48. The minimum absolute atomic E-state index is 0.263. The van der Waals surface area contributed by atoms with E-state index in [-0.39, 0.29) is 6.79 Å². The molecule has 0 amide bonds. The van der Waals surface area contributed by atoms with Crippen LogP contribution in [0.25, 0.3) is 0 Å². The van der Waals surface area contributed by atoms with Crippen LogP contribution in [0.5, 0.6) is 11.5 Å². The summed E-state index contributed by atoms with van der Waals surface area (Å²) in [6.45, 7) is 1.41. The van der Waals surface area contributed by atoms with E-state index in [0.717, 1.165) is 50.2 Å². The average Bonchev–Trinajstić information content (AvgIpc) is 3.12. The van der Waals surface area contributed by atoms with Crippen LogP contribution in [0.15, 0.2) is 45.3 Å². The van der Waals surface area contributed by atoms with Gasteiger partial charge in [-0.2, -0.15) is 0 Å². The highest BCUT2D eigenvalue weighted by atomic mass is 79.9. The van der Waals surface area contributed by atoms with E-state index in [1.165, 1.54) is 150 Å². The Hall–Kier alpha value is 1.34. The second-order valence-corrected chi connectivity index (χ2v) is 29.4. The van der Waals surface area contributed by atoms with E-state index in [4.69, 9.17) is 14.2 Å². The lowest BCUT2D eigenvalue weighted by atomic mass is 9.48. The third-order valence-corrected chi connectivity index (χ3v) is 24.4. The molecular weight excluding hydrogens is 1010 g/mol. The quantitative estimate of drug-likeness (QED) is 0.208. The van der Waals surface area contributed by atoms with Crippen molar-refractivity contribution >= 4 is 139 Å². The Morgan fingerprint density at radius 1 is 0.623 bits per heavy atom. The van der Waals surface area contributed by atoms with Gasteiger partial charge in [0.1, 0.15) is 11.5 Å². The number of hydrogen-bond donors (Lipinski definition) is 1. The number of phenols is 1. The van der Waals surface area contributed by atoms with Crippen molar-refractivity contribution in [2.24, 2.45) is 35.5 Å². The zero-order valence-corrected chi connectivity index (χ0v) is 41.6. The number of halogens is 2. The number of phenolic OH excluding ortho intramolecular Hbond substituents is 1. The van der Waals surface area contributed by atoms with E-state index >= 15 is 0 Å². The predicted molar refractivity (Wildman–Crippen MR) is 254 cm³/mol. The highest BCUT2D eigenvalue weighted by molar-refractivity contribution is 9.11. The number of benzene rings is 2. The standard InChI is InChI=1S/C20H27BrO3.C16H19BrO.S6.S5/c1-22-4-5-23-13-24-19-3-2-17(9-18(19)21)20-10-14-6-15(11-20)8-16(7-14)12-20;17-14-6-13(1-2-15(14)18)16-7-10-3-11(8-16)5-12(4-10)9-16;1-3-5-6-4-2;1-3-5-4-2/h2-3,9,14-16H,4-8,10-13H2,1H3;1-2,6,10-12,18H,3-5,7-9H2;;. The lowest BCUT2D eigenvalue weighted by Gasteiger charge is -2.57. The molecule has 1 N–H and O–H groups in total. The zero-order valence-electron chi connectivity index (χ0n) is 29.5. The van der Waals surface area contributed by atoms with Gasteiger partial charge in [-0.1, -0.05) is 12.1 Å². The highest BCUT2D eigenvalue weighted by Crippen LogP contribution is 2.62. The van der Waals surface area contributed by atoms with Crippen molar-refractivity contribution in [2.75, 3.05) is 27.1 Å². The number of methoxy groups -OCH3 is 1. The fourth-order valence-corrected chi connectivity index (χ4v) is 20.2. The Bertz CT molecular complexity index is 1770. The van der Waals surface area contributed by atoms with E-state index in [1.807, 2.05) is 6.07 Å². The minimum Gasteiger partial charge on any atom is -0.507 e. The van der Waals surface area contributed by atoms with E-state index in [0.29, 0.717) is 29.8 Å². The molecule has 2 aromatic rings. The maximum atomic E-state index is 9.68. The van der Waals surface area contributed by atoms with Crippen LogP contribution in [0.4, 0.5) is 0 Å². The van der Waals surface area contributed by atoms with Crippen molar-refractivity contribution in [2.45, 2.75) is 87.9 Å². The molecule has 0 spiro atoms. The summed E-state index contributed by atoms with van der Waals surface area (Å²) >= 11 is 25.1. The Morgan fingerprint density at radius 3 is 1.40 bits per heavy atom. The summed E-state index contributed by atoms with van der Waals surface area (Å²) in [4.78, 5) is 0. The molecule has 4 nitrogen and oxygen atoms in total. The van der Waals surface area contributed by atoms with Crippen molar-refractivity contribution in [3.8, 4) is 11.5 Å². The molecule has 0 aliphatic heterocycles. The SMILES string of the molecule is COCCOCOc1ccc(C23CC4CC(CC(C4)C2)C3)cc1Br.Oc1ccc(C23CC4CC(CC(C4)C2)C3)cc1Br.S=S=S=S=S.S=S=S=S=S=S. The topological polar surface area (TPSA) is 47.9 Å². The molecule has 53 heavy (non-hydrogen) atoms. The number of hydrogen-bond acceptors (Lipinski definition) is 8. The van der Waals surface area contributed by atoms with Gasteiger partial charge in [-0.3, -0.25) is 0 Å². The van der Waals surface area contributed by atoms with Crippen molar-refractivity contribution in [3.63, 3.8) is 0 Å². The van der Waals surface area contributed by atoms with Gasteiger partial charge in [0.05, 0.1) is 22.2 Å². The van der Waals surface area contributed by atoms with E-state index in [9.17, 15) is 5.11 Å². The second kappa shape index (κ2) is 22.6. The van der Waals surface area contributed by atoms with Gasteiger partial charge in [0.15, 0.2) is 6.79 Å². The van der Waals surface area contributed by atoms with Gasteiger partial charge in [0.2, 0.25) is 0 Å². The van der Waals surface area contributed by atoms with E-state index in [2.05, 4.69) is 107 Å². The minimum atomic E-state index is 0.263. The van der Waals surface area contributed by atoms with Gasteiger partial charge >= 0.3 is 0 Å². The molecule has 0 atom stereocenters. The molecule has 8 aliphatic carbocycles. The molecule has 0 aromatic heterocycles. The maximum Gasteiger partial charge on any atom is 0.189 e. The van der Waals surface area contributed by atoms with Crippen LogP contribution in [-0.2, 0) is 127 Å².